The number of hydrogen-bond acceptors (Lipinski definition) is 6. The van der Waals surface area contributed by atoms with E-state index < -0.39 is 29.9 Å². The van der Waals surface area contributed by atoms with Gasteiger partial charge < -0.3 is 10.6 Å². The smallest absolute Gasteiger partial charge is 0.323 e. The topological polar surface area (TPSA) is 104 Å². The molecule has 0 saturated carbocycles. The van der Waals surface area contributed by atoms with Crippen molar-refractivity contribution in [2.75, 3.05) is 11.9 Å². The lowest BCUT2D eigenvalue weighted by Gasteiger charge is -2.24. The Hall–Kier alpha value is -3.33. The number of carbonyl (C=O) groups is 3. The minimum absolute atomic E-state index is 0.0256. The van der Waals surface area contributed by atoms with Crippen molar-refractivity contribution in [3.63, 3.8) is 0 Å². The first-order chi connectivity index (χ1) is 14.6. The van der Waals surface area contributed by atoms with E-state index in [0.717, 1.165) is 22.2 Å². The molecule has 31 heavy (non-hydrogen) atoms. The maximum absolute atomic E-state index is 13.1. The standard InChI is InChI=1S/C22H23N5O3S/c1-21(2,3)13-8-10-14(11-9-13)22(4)19(29)27(20(30)24-22)12-17(28)23-15-6-5-7-16-18(15)26-31-25-16/h5-11H,12H2,1-4H3,(H,23,28)(H,24,30). The number of fused-ring (bicyclic) bond motifs is 1. The van der Waals surface area contributed by atoms with E-state index in [4.69, 9.17) is 0 Å². The van der Waals surface area contributed by atoms with Crippen LogP contribution in [0.2, 0.25) is 0 Å². The van der Waals surface area contributed by atoms with Crippen LogP contribution in [0.1, 0.15) is 38.8 Å². The largest absolute Gasteiger partial charge is 0.325 e. The normalized spacial score (nSPS) is 19.0. The van der Waals surface area contributed by atoms with Crippen LogP contribution < -0.4 is 10.6 Å². The van der Waals surface area contributed by atoms with E-state index in [2.05, 4.69) is 40.2 Å². The number of nitrogens with zero attached hydrogens (tertiary/aromatic N) is 3. The zero-order valence-corrected chi connectivity index (χ0v) is 18.5. The number of benzene rings is 2. The van der Waals surface area contributed by atoms with Gasteiger partial charge in [0, 0.05) is 0 Å². The van der Waals surface area contributed by atoms with Crippen LogP contribution in [0.25, 0.3) is 11.0 Å². The van der Waals surface area contributed by atoms with E-state index in [1.165, 1.54) is 0 Å². The van der Waals surface area contributed by atoms with Gasteiger partial charge in [0.05, 0.1) is 17.4 Å². The van der Waals surface area contributed by atoms with Crippen molar-refractivity contribution in [1.82, 2.24) is 19.0 Å². The summed E-state index contributed by atoms with van der Waals surface area (Å²) in [6.07, 6.45) is 0. The molecule has 1 aliphatic rings. The Kier molecular flexibility index (Phi) is 5.01. The lowest BCUT2D eigenvalue weighted by Crippen LogP contribution is -2.42. The fourth-order valence-corrected chi connectivity index (χ4v) is 4.13. The first-order valence-electron chi connectivity index (χ1n) is 9.86. The maximum atomic E-state index is 13.1. The Morgan fingerprint density at radius 3 is 2.52 bits per heavy atom. The second kappa shape index (κ2) is 7.42. The van der Waals surface area contributed by atoms with Gasteiger partial charge in [0.15, 0.2) is 0 Å². The fourth-order valence-electron chi connectivity index (χ4n) is 3.58. The average Bonchev–Trinajstić information content (AvgIpc) is 3.28. The van der Waals surface area contributed by atoms with Crippen LogP contribution in [0.5, 0.6) is 0 Å². The molecule has 3 aromatic rings. The Morgan fingerprint density at radius 1 is 1.13 bits per heavy atom. The van der Waals surface area contributed by atoms with Crippen LogP contribution in [-0.4, -0.2) is 38.0 Å². The summed E-state index contributed by atoms with van der Waals surface area (Å²) in [5, 5.41) is 5.46. The Balaban J connectivity index is 1.51. The Morgan fingerprint density at radius 2 is 1.84 bits per heavy atom. The summed E-state index contributed by atoms with van der Waals surface area (Å²) < 4.78 is 8.31. The van der Waals surface area contributed by atoms with Crippen LogP contribution in [0, 0.1) is 0 Å². The van der Waals surface area contributed by atoms with Gasteiger partial charge in [-0.3, -0.25) is 14.5 Å². The number of urea groups is 1. The van der Waals surface area contributed by atoms with Gasteiger partial charge in [-0.1, -0.05) is 51.1 Å². The molecule has 0 aliphatic carbocycles. The van der Waals surface area contributed by atoms with E-state index in [-0.39, 0.29) is 5.41 Å². The number of amides is 4. The Labute approximate surface area is 184 Å². The summed E-state index contributed by atoms with van der Waals surface area (Å²) in [6.45, 7) is 7.57. The maximum Gasteiger partial charge on any atom is 0.325 e. The second-order valence-electron chi connectivity index (χ2n) is 8.76. The summed E-state index contributed by atoms with van der Waals surface area (Å²) >= 11 is 1.05. The SMILES string of the molecule is CC(C)(C)c1ccc(C2(C)NC(=O)N(CC(=O)Nc3cccc4nsnc34)C2=O)cc1. The van der Waals surface area contributed by atoms with Crippen LogP contribution in [0.15, 0.2) is 42.5 Å². The lowest BCUT2D eigenvalue weighted by molar-refractivity contribution is -0.133. The van der Waals surface area contributed by atoms with Gasteiger partial charge in [-0.05, 0) is 35.6 Å². The molecule has 0 radical (unpaired) electrons. The second-order valence-corrected chi connectivity index (χ2v) is 9.29. The van der Waals surface area contributed by atoms with Crippen molar-refractivity contribution in [2.24, 2.45) is 0 Å². The number of aromatic nitrogens is 2. The molecule has 9 heteroatoms. The zero-order chi connectivity index (χ0) is 22.4. The monoisotopic (exact) mass is 437 g/mol. The molecule has 8 nitrogen and oxygen atoms in total. The van der Waals surface area contributed by atoms with Crippen LogP contribution in [-0.2, 0) is 20.5 Å². The van der Waals surface area contributed by atoms with Crippen LogP contribution >= 0.6 is 11.7 Å². The summed E-state index contributed by atoms with van der Waals surface area (Å²) in [4.78, 5) is 39.2. The molecule has 0 bridgehead atoms. The summed E-state index contributed by atoms with van der Waals surface area (Å²) in [6, 6.07) is 12.3. The lowest BCUT2D eigenvalue weighted by atomic mass is 9.84. The third kappa shape index (κ3) is 3.76. The molecule has 2 aromatic carbocycles. The fraction of sp³-hybridized carbons (Fsp3) is 0.318. The predicted octanol–water partition coefficient (Wildman–Crippen LogP) is 3.39. The zero-order valence-electron chi connectivity index (χ0n) is 17.7. The van der Waals surface area contributed by atoms with Gasteiger partial charge in [-0.15, -0.1) is 0 Å². The molecular weight excluding hydrogens is 414 g/mol. The van der Waals surface area contributed by atoms with Crippen LogP contribution in [0.3, 0.4) is 0 Å². The van der Waals surface area contributed by atoms with Crippen molar-refractivity contribution >= 4 is 46.3 Å². The molecule has 2 N–H and O–H groups in total. The van der Waals surface area contributed by atoms with Gasteiger partial charge in [0.2, 0.25) is 5.91 Å². The minimum Gasteiger partial charge on any atom is -0.323 e. The molecule has 4 rings (SSSR count). The molecule has 4 amide bonds. The highest BCUT2D eigenvalue weighted by Crippen LogP contribution is 2.31. The van der Waals surface area contributed by atoms with E-state index >= 15 is 0 Å². The van der Waals surface area contributed by atoms with Crippen molar-refractivity contribution in [2.45, 2.75) is 38.6 Å². The highest BCUT2D eigenvalue weighted by Gasteiger charge is 2.49. The molecule has 1 saturated heterocycles. The van der Waals surface area contributed by atoms with Gasteiger partial charge in [0.25, 0.3) is 5.91 Å². The number of imide groups is 1. The van der Waals surface area contributed by atoms with E-state index in [0.29, 0.717) is 22.3 Å². The average molecular weight is 438 g/mol. The molecule has 1 unspecified atom stereocenters. The number of anilines is 1. The molecule has 160 valence electrons. The molecule has 1 fully saturated rings. The molecule has 0 spiro atoms. The highest BCUT2D eigenvalue weighted by molar-refractivity contribution is 7.00. The van der Waals surface area contributed by atoms with Gasteiger partial charge >= 0.3 is 6.03 Å². The van der Waals surface area contributed by atoms with Gasteiger partial charge in [-0.2, -0.15) is 8.75 Å². The molecule has 1 aliphatic heterocycles. The first-order valence-corrected chi connectivity index (χ1v) is 10.6. The number of nitrogens with one attached hydrogen (secondary N) is 2. The van der Waals surface area contributed by atoms with E-state index in [9.17, 15) is 14.4 Å². The summed E-state index contributed by atoms with van der Waals surface area (Å²) in [5.74, 6) is -0.957. The van der Waals surface area contributed by atoms with Gasteiger partial charge in [0.1, 0.15) is 23.1 Å². The first kappa shape index (κ1) is 20.9. The van der Waals surface area contributed by atoms with E-state index in [1.807, 2.05) is 24.3 Å². The van der Waals surface area contributed by atoms with Crippen molar-refractivity contribution in [3.05, 3.63) is 53.6 Å². The highest BCUT2D eigenvalue weighted by atomic mass is 32.1. The number of carbonyl (C=O) groups excluding carboxylic acids is 3. The quantitative estimate of drug-likeness (QED) is 0.609. The number of rotatable bonds is 4. The summed E-state index contributed by atoms with van der Waals surface area (Å²) in [7, 11) is 0. The summed E-state index contributed by atoms with van der Waals surface area (Å²) in [5.41, 5.74) is 2.27. The minimum atomic E-state index is -1.23. The van der Waals surface area contributed by atoms with Gasteiger partial charge in [-0.25, -0.2) is 4.79 Å². The number of hydrogen-bond donors (Lipinski definition) is 2. The third-order valence-electron chi connectivity index (χ3n) is 5.47. The van der Waals surface area contributed by atoms with Crippen molar-refractivity contribution < 1.29 is 14.4 Å². The van der Waals surface area contributed by atoms with Crippen molar-refractivity contribution in [3.8, 4) is 0 Å². The molecule has 2 heterocycles. The molecular formula is C22H23N5O3S. The van der Waals surface area contributed by atoms with E-state index in [1.54, 1.807) is 25.1 Å². The molecule has 1 atom stereocenters. The van der Waals surface area contributed by atoms with Crippen molar-refractivity contribution in [1.29, 1.82) is 0 Å². The molecule has 1 aromatic heterocycles. The third-order valence-corrected chi connectivity index (χ3v) is 6.01. The predicted molar refractivity (Wildman–Crippen MR) is 119 cm³/mol. The Bertz CT molecular complexity index is 1180. The van der Waals surface area contributed by atoms with Crippen LogP contribution in [0.4, 0.5) is 10.5 Å².